The fraction of sp³-hybridized carbons (Fsp3) is 0.778. The smallest absolute Gasteiger partial charge is 0.155 e. The average Bonchev–Trinajstić information content (AvgIpc) is 2.07. The largest absolute Gasteiger partial charge is 0.298 e. The van der Waals surface area contributed by atoms with Crippen molar-refractivity contribution < 1.29 is 4.79 Å². The zero-order chi connectivity index (χ0) is 8.60. The number of hydrogen-bond donors (Lipinski definition) is 0. The molecule has 1 saturated carbocycles. The number of carbonyl (C=O) groups excluding carboxylic acids is 1. The summed E-state index contributed by atoms with van der Waals surface area (Å²) in [6.07, 6.45) is 4.72. The molecule has 0 spiro atoms. The fourth-order valence-corrected chi connectivity index (χ4v) is 2.80. The lowest BCUT2D eigenvalue weighted by molar-refractivity contribution is -0.120. The molecule has 66 valence electrons. The van der Waals surface area contributed by atoms with E-state index in [0.29, 0.717) is 5.78 Å². The van der Waals surface area contributed by atoms with Crippen LogP contribution in [-0.2, 0) is 4.79 Å². The predicted molar refractivity (Wildman–Crippen MR) is 52.1 cm³/mol. The quantitative estimate of drug-likeness (QED) is 0.586. The molecule has 0 amide bonds. The molecule has 0 aromatic carbocycles. The molecule has 2 aliphatic rings. The monoisotopic (exact) mass is 229 g/mol. The number of carbonyl (C=O) groups is 1. The van der Waals surface area contributed by atoms with Crippen molar-refractivity contribution in [1.29, 1.82) is 0 Å². The van der Waals surface area contributed by atoms with Gasteiger partial charge in [-0.25, -0.2) is 0 Å². The molecular formula is C9H12BrNO. The van der Waals surface area contributed by atoms with Gasteiger partial charge in [0.15, 0.2) is 5.78 Å². The van der Waals surface area contributed by atoms with Crippen LogP contribution in [0.25, 0.3) is 0 Å². The van der Waals surface area contributed by atoms with E-state index in [1.807, 2.05) is 0 Å². The lowest BCUT2D eigenvalue weighted by Gasteiger charge is -2.34. The van der Waals surface area contributed by atoms with Gasteiger partial charge in [0.05, 0.1) is 0 Å². The number of fused-ring (bicyclic) bond motifs is 1. The van der Waals surface area contributed by atoms with Crippen molar-refractivity contribution in [1.82, 2.24) is 0 Å². The molecule has 2 rings (SSSR count). The first-order valence-electron chi connectivity index (χ1n) is 4.49. The minimum Gasteiger partial charge on any atom is -0.298 e. The Bertz CT molecular complexity index is 249. The predicted octanol–water partition coefficient (Wildman–Crippen LogP) is 2.11. The molecule has 1 unspecified atom stereocenters. The van der Waals surface area contributed by atoms with Crippen LogP contribution in [0.4, 0.5) is 0 Å². The first-order chi connectivity index (χ1) is 5.73. The highest BCUT2D eigenvalue weighted by molar-refractivity contribution is 9.10. The number of ketones is 1. The van der Waals surface area contributed by atoms with Crippen LogP contribution >= 0.6 is 15.9 Å². The van der Waals surface area contributed by atoms with Crippen LogP contribution in [0.2, 0.25) is 0 Å². The third-order valence-electron chi connectivity index (χ3n) is 2.70. The van der Waals surface area contributed by atoms with Crippen LogP contribution in [0, 0.1) is 0 Å². The summed E-state index contributed by atoms with van der Waals surface area (Å²) in [5.41, 5.74) is 1.10. The van der Waals surface area contributed by atoms with Gasteiger partial charge in [-0.1, -0.05) is 15.9 Å². The van der Waals surface area contributed by atoms with E-state index >= 15 is 0 Å². The summed E-state index contributed by atoms with van der Waals surface area (Å²) in [4.78, 5) is 16.0. The van der Waals surface area contributed by atoms with Crippen molar-refractivity contribution in [3.8, 4) is 0 Å². The zero-order valence-corrected chi connectivity index (χ0v) is 8.56. The second kappa shape index (κ2) is 2.95. The molecule has 0 radical (unpaired) electrons. The number of rotatable bonds is 0. The van der Waals surface area contributed by atoms with E-state index in [4.69, 9.17) is 0 Å². The maximum Gasteiger partial charge on any atom is 0.155 e. The van der Waals surface area contributed by atoms with Crippen LogP contribution in [0.1, 0.15) is 32.1 Å². The van der Waals surface area contributed by atoms with Crippen LogP contribution < -0.4 is 0 Å². The Kier molecular flexibility index (Phi) is 2.07. The molecule has 1 heterocycles. The van der Waals surface area contributed by atoms with Gasteiger partial charge in [-0.15, -0.1) is 0 Å². The van der Waals surface area contributed by atoms with E-state index in [9.17, 15) is 4.79 Å². The molecule has 2 nitrogen and oxygen atoms in total. The van der Waals surface area contributed by atoms with Gasteiger partial charge >= 0.3 is 0 Å². The van der Waals surface area contributed by atoms with Crippen LogP contribution in [-0.4, -0.2) is 22.4 Å². The number of hydrogen-bond acceptors (Lipinski definition) is 2. The molecule has 12 heavy (non-hydrogen) atoms. The van der Waals surface area contributed by atoms with Crippen LogP contribution in [0.5, 0.6) is 0 Å². The van der Waals surface area contributed by atoms with E-state index in [-0.39, 0.29) is 4.32 Å². The van der Waals surface area contributed by atoms with Gasteiger partial charge < -0.3 is 0 Å². The number of aliphatic imine (C=N–C) groups is 1. The second-order valence-electron chi connectivity index (χ2n) is 3.51. The Labute approximate surface area is 80.6 Å². The molecule has 0 bridgehead atoms. The molecule has 0 aromatic heterocycles. The van der Waals surface area contributed by atoms with Crippen molar-refractivity contribution in [3.05, 3.63) is 0 Å². The molecule has 1 aliphatic carbocycles. The molecule has 1 atom stereocenters. The van der Waals surface area contributed by atoms with E-state index in [1.165, 1.54) is 0 Å². The maximum absolute atomic E-state index is 11.6. The van der Waals surface area contributed by atoms with Gasteiger partial charge in [-0.2, -0.15) is 0 Å². The number of alkyl halides is 1. The molecular weight excluding hydrogens is 218 g/mol. The van der Waals surface area contributed by atoms with Crippen LogP contribution in [0.15, 0.2) is 4.99 Å². The Hall–Kier alpha value is -0.180. The van der Waals surface area contributed by atoms with Crippen molar-refractivity contribution >= 4 is 27.4 Å². The van der Waals surface area contributed by atoms with Crippen molar-refractivity contribution in [2.75, 3.05) is 6.54 Å². The summed E-state index contributed by atoms with van der Waals surface area (Å²) in [7, 11) is 0. The van der Waals surface area contributed by atoms with Crippen molar-refractivity contribution in [2.45, 2.75) is 36.4 Å². The Morgan fingerprint density at radius 3 is 2.92 bits per heavy atom. The Morgan fingerprint density at radius 1 is 1.33 bits per heavy atom. The highest BCUT2D eigenvalue weighted by atomic mass is 79.9. The van der Waals surface area contributed by atoms with Gasteiger partial charge in [0.2, 0.25) is 0 Å². The minimum absolute atomic E-state index is 0.340. The summed E-state index contributed by atoms with van der Waals surface area (Å²) in [5.74, 6) is 0.340. The summed E-state index contributed by atoms with van der Waals surface area (Å²) >= 11 is 3.56. The van der Waals surface area contributed by atoms with Gasteiger partial charge in [0.25, 0.3) is 0 Å². The average molecular weight is 230 g/mol. The molecule has 0 aromatic rings. The number of halogens is 1. The van der Waals surface area contributed by atoms with E-state index in [0.717, 1.165) is 44.4 Å². The summed E-state index contributed by atoms with van der Waals surface area (Å²) in [6.45, 7) is 0.913. The van der Waals surface area contributed by atoms with Gasteiger partial charge in [-0.3, -0.25) is 9.79 Å². The maximum atomic E-state index is 11.6. The standard InChI is InChI=1S/C9H12BrNO/c10-9-5-2-6-11-7(9)3-1-4-8(9)12/h1-6H2. The Morgan fingerprint density at radius 2 is 2.17 bits per heavy atom. The third kappa shape index (κ3) is 1.15. The summed E-state index contributed by atoms with van der Waals surface area (Å²) in [6, 6.07) is 0. The SMILES string of the molecule is O=C1CCCC2=NCCCC12Br. The molecule has 1 aliphatic heterocycles. The summed E-state index contributed by atoms with van der Waals surface area (Å²) in [5, 5.41) is 0. The highest BCUT2D eigenvalue weighted by Gasteiger charge is 2.43. The molecule has 0 saturated heterocycles. The van der Waals surface area contributed by atoms with E-state index in [2.05, 4.69) is 20.9 Å². The first kappa shape index (κ1) is 8.42. The summed E-state index contributed by atoms with van der Waals surface area (Å²) < 4.78 is -0.344. The Balaban J connectivity index is 2.34. The minimum atomic E-state index is -0.344. The normalized spacial score (nSPS) is 35.8. The number of nitrogens with zero attached hydrogens (tertiary/aromatic N) is 1. The topological polar surface area (TPSA) is 29.4 Å². The van der Waals surface area contributed by atoms with Crippen molar-refractivity contribution in [2.24, 2.45) is 4.99 Å². The van der Waals surface area contributed by atoms with Gasteiger partial charge in [0, 0.05) is 18.7 Å². The number of Topliss-reactive ketones (excluding diaryl/α,β-unsaturated/α-hetero) is 1. The second-order valence-corrected chi connectivity index (χ2v) is 4.86. The highest BCUT2D eigenvalue weighted by Crippen LogP contribution is 2.37. The molecule has 3 heteroatoms. The van der Waals surface area contributed by atoms with E-state index < -0.39 is 0 Å². The molecule has 0 N–H and O–H groups in total. The molecule has 1 fully saturated rings. The fourth-order valence-electron chi connectivity index (χ4n) is 2.00. The third-order valence-corrected chi connectivity index (χ3v) is 4.00. The lowest BCUT2D eigenvalue weighted by atomic mass is 9.81. The van der Waals surface area contributed by atoms with Crippen molar-refractivity contribution in [3.63, 3.8) is 0 Å². The van der Waals surface area contributed by atoms with Gasteiger partial charge in [0.1, 0.15) is 4.32 Å². The van der Waals surface area contributed by atoms with Crippen LogP contribution in [0.3, 0.4) is 0 Å². The van der Waals surface area contributed by atoms with Gasteiger partial charge in [-0.05, 0) is 25.7 Å². The first-order valence-corrected chi connectivity index (χ1v) is 5.29. The zero-order valence-electron chi connectivity index (χ0n) is 6.98. The van der Waals surface area contributed by atoms with E-state index in [1.54, 1.807) is 0 Å². The lowest BCUT2D eigenvalue weighted by Crippen LogP contribution is -2.45.